The fraction of sp³-hybridized carbons (Fsp3) is 0.938. The van der Waals surface area contributed by atoms with E-state index in [1.807, 2.05) is 23.6 Å². The second-order valence-electron chi connectivity index (χ2n) is 7.25. The third-order valence-corrected chi connectivity index (χ3v) is 6.88. The van der Waals surface area contributed by atoms with Crippen LogP contribution in [0.15, 0.2) is 0 Å². The molecule has 2 N–H and O–H groups in total. The predicted octanol–water partition coefficient (Wildman–Crippen LogP) is 2.12. The maximum atomic E-state index is 13.0. The molecule has 21 heavy (non-hydrogen) atoms. The van der Waals surface area contributed by atoms with Crippen molar-refractivity contribution in [1.82, 2.24) is 4.90 Å². The van der Waals surface area contributed by atoms with Gasteiger partial charge in [0.05, 0.1) is 6.10 Å². The molecule has 1 aliphatic carbocycles. The topological polar surface area (TPSA) is 55.6 Å². The zero-order chi connectivity index (χ0) is 15.8. The summed E-state index contributed by atoms with van der Waals surface area (Å²) < 4.78 is 5.73. The molecule has 1 saturated carbocycles. The summed E-state index contributed by atoms with van der Waals surface area (Å²) in [4.78, 5) is 15.0. The lowest BCUT2D eigenvalue weighted by molar-refractivity contribution is -0.179. The average molecular weight is 314 g/mol. The summed E-state index contributed by atoms with van der Waals surface area (Å²) in [5.41, 5.74) is 5.46. The van der Waals surface area contributed by atoms with Gasteiger partial charge in [-0.05, 0) is 12.8 Å². The van der Waals surface area contributed by atoms with Crippen molar-refractivity contribution in [3.63, 3.8) is 0 Å². The van der Waals surface area contributed by atoms with Gasteiger partial charge in [-0.25, -0.2) is 0 Å². The molecule has 0 radical (unpaired) electrons. The van der Waals surface area contributed by atoms with Crippen molar-refractivity contribution < 1.29 is 9.53 Å². The van der Waals surface area contributed by atoms with Crippen molar-refractivity contribution in [2.24, 2.45) is 17.1 Å². The molecule has 5 heteroatoms. The van der Waals surface area contributed by atoms with Gasteiger partial charge in [-0.2, -0.15) is 11.8 Å². The van der Waals surface area contributed by atoms with Gasteiger partial charge in [0.1, 0.15) is 5.54 Å². The van der Waals surface area contributed by atoms with Crippen LogP contribution in [0.2, 0.25) is 0 Å². The van der Waals surface area contributed by atoms with Crippen LogP contribution in [0.4, 0.5) is 0 Å². The van der Waals surface area contributed by atoms with Crippen LogP contribution in [0.5, 0.6) is 0 Å². The quantitative estimate of drug-likeness (QED) is 0.863. The molecule has 2 aliphatic rings. The van der Waals surface area contributed by atoms with Crippen LogP contribution in [0, 0.1) is 11.3 Å². The lowest BCUT2D eigenvalue weighted by Gasteiger charge is -2.59. The minimum absolute atomic E-state index is 0.0940. The Balaban J connectivity index is 2.06. The molecule has 3 atom stereocenters. The molecule has 4 nitrogen and oxygen atoms in total. The Bertz CT molecular complexity index is 400. The molecular weight excluding hydrogens is 284 g/mol. The van der Waals surface area contributed by atoms with Crippen molar-refractivity contribution in [2.75, 3.05) is 25.4 Å². The monoisotopic (exact) mass is 314 g/mol. The van der Waals surface area contributed by atoms with Crippen LogP contribution in [-0.2, 0) is 9.53 Å². The van der Waals surface area contributed by atoms with E-state index in [4.69, 9.17) is 10.5 Å². The zero-order valence-electron chi connectivity index (χ0n) is 14.0. The van der Waals surface area contributed by atoms with E-state index >= 15 is 0 Å². The molecule has 1 aliphatic heterocycles. The second kappa shape index (κ2) is 6.09. The Morgan fingerprint density at radius 1 is 1.48 bits per heavy atom. The van der Waals surface area contributed by atoms with Gasteiger partial charge in [0.2, 0.25) is 5.91 Å². The zero-order valence-corrected chi connectivity index (χ0v) is 14.8. The number of ether oxygens (including phenoxy) is 1. The van der Waals surface area contributed by atoms with E-state index < -0.39 is 5.54 Å². The Kier molecular flexibility index (Phi) is 4.96. The van der Waals surface area contributed by atoms with E-state index in [-0.39, 0.29) is 17.4 Å². The van der Waals surface area contributed by atoms with E-state index in [2.05, 4.69) is 27.7 Å². The van der Waals surface area contributed by atoms with Crippen LogP contribution in [-0.4, -0.2) is 53.1 Å². The summed E-state index contributed by atoms with van der Waals surface area (Å²) in [6, 6.07) is 0. The van der Waals surface area contributed by atoms with Gasteiger partial charge >= 0.3 is 0 Å². The van der Waals surface area contributed by atoms with Crippen LogP contribution in [0.25, 0.3) is 0 Å². The van der Waals surface area contributed by atoms with Crippen LogP contribution in [0.3, 0.4) is 0 Å². The lowest BCUT2D eigenvalue weighted by atomic mass is 9.54. The SMILES string of the molecule is CCOC1CC(N)(C(=O)N2CCSC(C(C)C)C2)C1(C)C. The van der Waals surface area contributed by atoms with Crippen molar-refractivity contribution in [1.29, 1.82) is 0 Å². The minimum atomic E-state index is -0.767. The highest BCUT2D eigenvalue weighted by Gasteiger charge is 2.63. The molecule has 2 fully saturated rings. The van der Waals surface area contributed by atoms with E-state index in [9.17, 15) is 4.79 Å². The molecule has 1 heterocycles. The molecule has 3 unspecified atom stereocenters. The average Bonchev–Trinajstić information content (AvgIpc) is 2.46. The van der Waals surface area contributed by atoms with Gasteiger partial charge in [0.25, 0.3) is 0 Å². The predicted molar refractivity (Wildman–Crippen MR) is 88.4 cm³/mol. The molecule has 1 saturated heterocycles. The van der Waals surface area contributed by atoms with Gasteiger partial charge in [-0.1, -0.05) is 27.7 Å². The van der Waals surface area contributed by atoms with E-state index in [1.54, 1.807) is 0 Å². The molecule has 2 rings (SSSR count). The van der Waals surface area contributed by atoms with Gasteiger partial charge < -0.3 is 15.4 Å². The first-order valence-corrected chi connectivity index (χ1v) is 9.10. The number of nitrogens with two attached hydrogens (primary N) is 1. The molecule has 122 valence electrons. The summed E-state index contributed by atoms with van der Waals surface area (Å²) in [5, 5.41) is 0.525. The smallest absolute Gasteiger partial charge is 0.243 e. The fourth-order valence-corrected chi connectivity index (χ4v) is 4.64. The molecule has 0 spiro atoms. The van der Waals surface area contributed by atoms with Crippen LogP contribution >= 0.6 is 11.8 Å². The summed E-state index contributed by atoms with van der Waals surface area (Å²) in [6.07, 6.45) is 0.736. The maximum Gasteiger partial charge on any atom is 0.243 e. The van der Waals surface area contributed by atoms with Gasteiger partial charge in [0.15, 0.2) is 0 Å². The van der Waals surface area contributed by atoms with Gasteiger partial charge in [0, 0.05) is 42.5 Å². The van der Waals surface area contributed by atoms with Crippen LogP contribution in [0.1, 0.15) is 41.0 Å². The first kappa shape index (κ1) is 17.1. The number of nitrogens with zero attached hydrogens (tertiary/aromatic N) is 1. The molecule has 0 aromatic rings. The summed E-state index contributed by atoms with van der Waals surface area (Å²) in [6.45, 7) is 12.9. The normalized spacial score (nSPS) is 35.7. The third-order valence-electron chi connectivity index (χ3n) is 5.34. The number of hydrogen-bond donors (Lipinski definition) is 1. The molecule has 0 bridgehead atoms. The second-order valence-corrected chi connectivity index (χ2v) is 8.59. The molecule has 0 aromatic carbocycles. The van der Waals surface area contributed by atoms with Gasteiger partial charge in [-0.15, -0.1) is 0 Å². The molecule has 0 aromatic heterocycles. The summed E-state index contributed by atoms with van der Waals surface area (Å²) in [5.74, 6) is 1.72. The maximum absolute atomic E-state index is 13.0. The molecular formula is C16H30N2O2S. The Morgan fingerprint density at radius 2 is 2.14 bits per heavy atom. The standard InChI is InChI=1S/C16H30N2O2S/c1-6-20-13-9-16(17,15(13,4)5)14(19)18-7-8-21-12(10-18)11(2)3/h11-13H,6-10,17H2,1-5H3. The number of carbonyl (C=O) groups is 1. The van der Waals surface area contributed by atoms with Crippen molar-refractivity contribution in [3.05, 3.63) is 0 Å². The van der Waals surface area contributed by atoms with Crippen molar-refractivity contribution >= 4 is 17.7 Å². The highest BCUT2D eigenvalue weighted by atomic mass is 32.2. The highest BCUT2D eigenvalue weighted by Crippen LogP contribution is 2.50. The first-order chi connectivity index (χ1) is 9.74. The largest absolute Gasteiger partial charge is 0.378 e. The minimum Gasteiger partial charge on any atom is -0.378 e. The summed E-state index contributed by atoms with van der Waals surface area (Å²) >= 11 is 1.98. The Morgan fingerprint density at radius 3 is 2.67 bits per heavy atom. The Hall–Kier alpha value is -0.260. The number of hydrogen-bond acceptors (Lipinski definition) is 4. The number of amides is 1. The van der Waals surface area contributed by atoms with E-state index in [1.165, 1.54) is 0 Å². The van der Waals surface area contributed by atoms with E-state index in [0.717, 1.165) is 18.8 Å². The van der Waals surface area contributed by atoms with Crippen LogP contribution < -0.4 is 5.73 Å². The number of carbonyl (C=O) groups excluding carboxylic acids is 1. The van der Waals surface area contributed by atoms with Crippen molar-refractivity contribution in [3.8, 4) is 0 Å². The number of rotatable bonds is 4. The van der Waals surface area contributed by atoms with Gasteiger partial charge in [-0.3, -0.25) is 4.79 Å². The lowest BCUT2D eigenvalue weighted by Crippen LogP contribution is -2.76. The summed E-state index contributed by atoms with van der Waals surface area (Å²) in [7, 11) is 0. The fourth-order valence-electron chi connectivity index (χ4n) is 3.34. The number of thioether (sulfide) groups is 1. The highest BCUT2D eigenvalue weighted by molar-refractivity contribution is 8.00. The third kappa shape index (κ3) is 2.84. The van der Waals surface area contributed by atoms with Crippen molar-refractivity contribution in [2.45, 2.75) is 57.9 Å². The first-order valence-electron chi connectivity index (χ1n) is 8.05. The molecule has 1 amide bonds. The van der Waals surface area contributed by atoms with E-state index in [0.29, 0.717) is 24.2 Å². The Labute approximate surface area is 133 Å².